The molecule has 0 aliphatic carbocycles. The van der Waals surface area contributed by atoms with E-state index < -0.39 is 12.0 Å². The van der Waals surface area contributed by atoms with Gasteiger partial charge in [-0.05, 0) is 31.2 Å². The highest BCUT2D eigenvalue weighted by molar-refractivity contribution is 5.83. The molecule has 0 bridgehead atoms. The Morgan fingerprint density at radius 1 is 1.21 bits per heavy atom. The van der Waals surface area contributed by atoms with Gasteiger partial charge in [-0.15, -0.1) is 0 Å². The molecule has 0 aliphatic rings. The summed E-state index contributed by atoms with van der Waals surface area (Å²) < 4.78 is 0. The van der Waals surface area contributed by atoms with Crippen LogP contribution in [0.25, 0.3) is 0 Å². The Morgan fingerprint density at radius 2 is 1.84 bits per heavy atom. The molecule has 0 saturated heterocycles. The molecule has 112 valence electrons. The van der Waals surface area contributed by atoms with Crippen molar-refractivity contribution in [3.8, 4) is 0 Å². The van der Waals surface area contributed by atoms with Crippen LogP contribution in [0.5, 0.6) is 0 Å². The Kier molecular flexibility index (Phi) is 9.16. The molecule has 0 radical (unpaired) electrons. The summed E-state index contributed by atoms with van der Waals surface area (Å²) in [5.74, 6) is -0.589. The summed E-state index contributed by atoms with van der Waals surface area (Å²) >= 11 is 0. The van der Waals surface area contributed by atoms with Gasteiger partial charge in [0.1, 0.15) is 6.04 Å². The molecule has 0 spiro atoms. The fourth-order valence-electron chi connectivity index (χ4n) is 1.99. The summed E-state index contributed by atoms with van der Waals surface area (Å²) in [6, 6.07) is -1.01. The molecule has 5 N–H and O–H groups in total. The van der Waals surface area contributed by atoms with Crippen LogP contribution in [0.3, 0.4) is 0 Å². The monoisotopic (exact) mass is 274 g/mol. The van der Waals surface area contributed by atoms with Gasteiger partial charge in [0.2, 0.25) is 5.91 Å². The lowest BCUT2D eigenvalue weighted by molar-refractivity contribution is -0.142. The zero-order valence-electron chi connectivity index (χ0n) is 11.8. The lowest BCUT2D eigenvalue weighted by Gasteiger charge is -2.20. The van der Waals surface area contributed by atoms with E-state index in [2.05, 4.69) is 19.2 Å². The van der Waals surface area contributed by atoms with Crippen molar-refractivity contribution < 1.29 is 19.8 Å². The van der Waals surface area contributed by atoms with Crippen LogP contribution in [0.15, 0.2) is 0 Å². The number of aliphatic hydroxyl groups is 1. The topological polar surface area (TPSA) is 113 Å². The predicted octanol–water partition coefficient (Wildman–Crippen LogP) is 0.339. The van der Waals surface area contributed by atoms with E-state index in [1.807, 2.05) is 0 Å². The molecule has 0 aromatic rings. The zero-order chi connectivity index (χ0) is 14.8. The van der Waals surface area contributed by atoms with Crippen LogP contribution in [0.4, 0.5) is 0 Å². The van der Waals surface area contributed by atoms with Crippen molar-refractivity contribution >= 4 is 11.9 Å². The van der Waals surface area contributed by atoms with Crippen LogP contribution in [-0.2, 0) is 9.59 Å². The summed E-state index contributed by atoms with van der Waals surface area (Å²) in [4.78, 5) is 22.5. The quantitative estimate of drug-likeness (QED) is 0.459. The van der Waals surface area contributed by atoms with E-state index >= 15 is 0 Å². The number of rotatable bonds is 10. The van der Waals surface area contributed by atoms with Crippen molar-refractivity contribution in [3.05, 3.63) is 0 Å². The van der Waals surface area contributed by atoms with E-state index in [1.54, 1.807) is 0 Å². The Morgan fingerprint density at radius 3 is 2.26 bits per heavy atom. The summed E-state index contributed by atoms with van der Waals surface area (Å²) in [6.07, 6.45) is 1.88. The van der Waals surface area contributed by atoms with Gasteiger partial charge in [0.25, 0.3) is 0 Å². The van der Waals surface area contributed by atoms with Gasteiger partial charge >= 0.3 is 5.97 Å². The second-order valence-electron chi connectivity index (χ2n) is 5.09. The number of hydrogen-bond acceptors (Lipinski definition) is 4. The molecule has 2 unspecified atom stereocenters. The summed E-state index contributed by atoms with van der Waals surface area (Å²) in [5.41, 5.74) is 5.53. The van der Waals surface area contributed by atoms with Crippen LogP contribution in [0.1, 0.15) is 39.5 Å². The van der Waals surface area contributed by atoms with Gasteiger partial charge in [-0.3, -0.25) is 4.79 Å². The number of aliphatic carboxylic acids is 1. The van der Waals surface area contributed by atoms with Crippen LogP contribution < -0.4 is 11.1 Å². The second kappa shape index (κ2) is 9.75. The first-order valence-electron chi connectivity index (χ1n) is 6.75. The van der Waals surface area contributed by atoms with Gasteiger partial charge in [-0.2, -0.15) is 0 Å². The molecule has 2 atom stereocenters. The SMILES string of the molecule is CC(C)C(CCN)CCC(=O)NC(CCO)C(=O)O. The number of aliphatic hydroxyl groups excluding tert-OH is 1. The molecule has 0 heterocycles. The lowest BCUT2D eigenvalue weighted by atomic mass is 9.88. The minimum absolute atomic E-state index is 0.0253. The van der Waals surface area contributed by atoms with E-state index in [4.69, 9.17) is 15.9 Å². The molecular formula is C13H26N2O4. The third kappa shape index (κ3) is 7.79. The van der Waals surface area contributed by atoms with Gasteiger partial charge in [0, 0.05) is 19.4 Å². The third-order valence-corrected chi connectivity index (χ3v) is 3.27. The molecule has 0 fully saturated rings. The maximum absolute atomic E-state index is 11.7. The first-order chi connectivity index (χ1) is 8.92. The third-order valence-electron chi connectivity index (χ3n) is 3.27. The van der Waals surface area contributed by atoms with Crippen molar-refractivity contribution in [3.63, 3.8) is 0 Å². The van der Waals surface area contributed by atoms with Crippen molar-refractivity contribution in [1.29, 1.82) is 0 Å². The van der Waals surface area contributed by atoms with Crippen molar-refractivity contribution in [2.75, 3.05) is 13.2 Å². The standard InChI is InChI=1S/C13H26N2O4/c1-9(2)10(5-7-14)3-4-12(17)15-11(6-8-16)13(18)19/h9-11,16H,3-8,14H2,1-2H3,(H,15,17)(H,18,19). The molecule has 6 heteroatoms. The molecule has 0 aromatic heterocycles. The smallest absolute Gasteiger partial charge is 0.326 e. The van der Waals surface area contributed by atoms with Crippen molar-refractivity contribution in [2.24, 2.45) is 17.6 Å². The predicted molar refractivity (Wildman–Crippen MR) is 72.5 cm³/mol. The van der Waals surface area contributed by atoms with Gasteiger partial charge in [-0.1, -0.05) is 13.8 Å². The number of amides is 1. The number of carboxylic acid groups (broad SMARTS) is 1. The normalized spacial score (nSPS) is 14.2. The molecule has 19 heavy (non-hydrogen) atoms. The average Bonchev–Trinajstić information content (AvgIpc) is 2.33. The molecule has 6 nitrogen and oxygen atoms in total. The van der Waals surface area contributed by atoms with Crippen molar-refractivity contribution in [2.45, 2.75) is 45.6 Å². The second-order valence-corrected chi connectivity index (χ2v) is 5.09. The number of hydrogen-bond donors (Lipinski definition) is 4. The first-order valence-corrected chi connectivity index (χ1v) is 6.75. The highest BCUT2D eigenvalue weighted by atomic mass is 16.4. The van der Waals surface area contributed by atoms with Crippen LogP contribution in [0.2, 0.25) is 0 Å². The van der Waals surface area contributed by atoms with Crippen molar-refractivity contribution in [1.82, 2.24) is 5.32 Å². The number of nitrogens with one attached hydrogen (secondary N) is 1. The fraction of sp³-hybridized carbons (Fsp3) is 0.846. The fourth-order valence-corrected chi connectivity index (χ4v) is 1.99. The summed E-state index contributed by atoms with van der Waals surface area (Å²) in [5, 5.41) is 20.0. The minimum atomic E-state index is -1.12. The molecule has 0 aliphatic heterocycles. The van der Waals surface area contributed by atoms with E-state index in [0.29, 0.717) is 24.8 Å². The molecule has 0 saturated carbocycles. The Hall–Kier alpha value is -1.14. The van der Waals surface area contributed by atoms with Gasteiger partial charge in [0.15, 0.2) is 0 Å². The van der Waals surface area contributed by atoms with Gasteiger partial charge < -0.3 is 21.3 Å². The summed E-state index contributed by atoms with van der Waals surface area (Å²) in [7, 11) is 0. The van der Waals surface area contributed by atoms with Crippen LogP contribution in [-0.4, -0.2) is 41.3 Å². The molecule has 0 rings (SSSR count). The largest absolute Gasteiger partial charge is 0.480 e. The number of nitrogens with two attached hydrogens (primary N) is 1. The average molecular weight is 274 g/mol. The molecular weight excluding hydrogens is 248 g/mol. The maximum Gasteiger partial charge on any atom is 0.326 e. The maximum atomic E-state index is 11.7. The Balaban J connectivity index is 4.18. The summed E-state index contributed by atoms with van der Waals surface area (Å²) in [6.45, 7) is 4.50. The van der Waals surface area contributed by atoms with E-state index in [0.717, 1.165) is 6.42 Å². The highest BCUT2D eigenvalue weighted by Gasteiger charge is 2.20. The Labute approximate surface area is 114 Å². The molecule has 1 amide bonds. The first kappa shape index (κ1) is 17.9. The molecule has 0 aromatic carbocycles. The van der Waals surface area contributed by atoms with E-state index in [1.165, 1.54) is 0 Å². The lowest BCUT2D eigenvalue weighted by Crippen LogP contribution is -2.41. The van der Waals surface area contributed by atoms with Gasteiger partial charge in [-0.25, -0.2) is 4.79 Å². The van der Waals surface area contributed by atoms with Crippen LogP contribution in [0, 0.1) is 11.8 Å². The van der Waals surface area contributed by atoms with Crippen LogP contribution >= 0.6 is 0 Å². The van der Waals surface area contributed by atoms with E-state index in [-0.39, 0.29) is 25.4 Å². The number of carboxylic acids is 1. The Bertz CT molecular complexity index is 282. The minimum Gasteiger partial charge on any atom is -0.480 e. The zero-order valence-corrected chi connectivity index (χ0v) is 11.8. The number of carbonyl (C=O) groups is 2. The van der Waals surface area contributed by atoms with Gasteiger partial charge in [0.05, 0.1) is 0 Å². The van der Waals surface area contributed by atoms with E-state index in [9.17, 15) is 9.59 Å². The number of carbonyl (C=O) groups excluding carboxylic acids is 1. The highest BCUT2D eigenvalue weighted by Crippen LogP contribution is 2.20.